The van der Waals surface area contributed by atoms with Crippen LogP contribution in [0, 0.1) is 10.1 Å². The first-order valence-corrected chi connectivity index (χ1v) is 6.91. The molecule has 120 valence electrons. The van der Waals surface area contributed by atoms with Gasteiger partial charge in [0.25, 0.3) is 5.91 Å². The summed E-state index contributed by atoms with van der Waals surface area (Å²) in [7, 11) is 1.46. The molecule has 0 unspecified atom stereocenters. The Labute approximate surface area is 136 Å². The highest BCUT2D eigenvalue weighted by Gasteiger charge is 2.25. The van der Waals surface area contributed by atoms with Crippen LogP contribution < -0.4 is 5.32 Å². The van der Waals surface area contributed by atoms with E-state index in [0.717, 1.165) is 22.1 Å². The van der Waals surface area contributed by atoms with Crippen LogP contribution in [0.5, 0.6) is 0 Å². The number of carbonyl (C=O) groups excluding carboxylic acids is 1. The number of anilines is 1. The number of aryl methyl sites for hydroxylation is 1. The number of nitro groups is 1. The summed E-state index contributed by atoms with van der Waals surface area (Å²) in [5.74, 6) is -0.380. The van der Waals surface area contributed by atoms with Gasteiger partial charge in [0.05, 0.1) is 10.6 Å². The molecule has 3 heterocycles. The van der Waals surface area contributed by atoms with Gasteiger partial charge in [0, 0.05) is 25.0 Å². The Hall–Kier alpha value is -3.62. The first-order chi connectivity index (χ1) is 11.6. The van der Waals surface area contributed by atoms with Gasteiger partial charge in [0.1, 0.15) is 12.0 Å². The second-order valence-electron chi connectivity index (χ2n) is 4.86. The Morgan fingerprint density at radius 2 is 2.04 bits per heavy atom. The van der Waals surface area contributed by atoms with E-state index in [1.165, 1.54) is 7.05 Å². The number of hydrogen-bond acceptors (Lipinski definition) is 6. The van der Waals surface area contributed by atoms with E-state index in [2.05, 4.69) is 20.4 Å². The Balaban J connectivity index is 1.81. The standard InChI is InChI=1S/C15H12N6O3/c1-20-14(12(9-18-20)21(23)24)15(22)19-13-6-5-10(8-17-13)11-4-2-3-7-16-11/h2-9H,1H3,(H,17,19,22). The molecule has 0 aromatic carbocycles. The SMILES string of the molecule is Cn1ncc([N+](=O)[O-])c1C(=O)Nc1ccc(-c2ccccn2)cn1. The number of aromatic nitrogens is 4. The van der Waals surface area contributed by atoms with E-state index in [4.69, 9.17) is 0 Å². The summed E-state index contributed by atoms with van der Waals surface area (Å²) < 4.78 is 1.15. The molecule has 0 spiro atoms. The van der Waals surface area contributed by atoms with E-state index in [1.807, 2.05) is 18.2 Å². The number of amides is 1. The third kappa shape index (κ3) is 2.95. The van der Waals surface area contributed by atoms with Crippen molar-refractivity contribution in [1.82, 2.24) is 19.7 Å². The summed E-state index contributed by atoms with van der Waals surface area (Å²) in [4.78, 5) is 30.9. The fourth-order valence-electron chi connectivity index (χ4n) is 2.15. The lowest BCUT2D eigenvalue weighted by molar-refractivity contribution is -0.385. The first-order valence-electron chi connectivity index (χ1n) is 6.91. The topological polar surface area (TPSA) is 116 Å². The van der Waals surface area contributed by atoms with Crippen LogP contribution in [-0.4, -0.2) is 30.6 Å². The molecule has 0 saturated carbocycles. The lowest BCUT2D eigenvalue weighted by Gasteiger charge is -2.05. The first kappa shape index (κ1) is 15.3. The quantitative estimate of drug-likeness (QED) is 0.580. The van der Waals surface area contributed by atoms with Crippen molar-refractivity contribution in [3.8, 4) is 11.3 Å². The number of hydrogen-bond donors (Lipinski definition) is 1. The third-order valence-corrected chi connectivity index (χ3v) is 3.30. The van der Waals surface area contributed by atoms with Gasteiger partial charge in [0.15, 0.2) is 0 Å². The van der Waals surface area contributed by atoms with Crippen LogP contribution in [0.25, 0.3) is 11.3 Å². The molecule has 0 saturated heterocycles. The zero-order chi connectivity index (χ0) is 17.1. The molecule has 3 aromatic rings. The molecule has 0 fully saturated rings. The van der Waals surface area contributed by atoms with Crippen LogP contribution in [0.4, 0.5) is 11.5 Å². The van der Waals surface area contributed by atoms with Crippen LogP contribution in [0.1, 0.15) is 10.5 Å². The van der Waals surface area contributed by atoms with Gasteiger partial charge < -0.3 is 5.32 Å². The summed E-state index contributed by atoms with van der Waals surface area (Å²) in [5.41, 5.74) is 1.04. The molecule has 9 nitrogen and oxygen atoms in total. The number of pyridine rings is 2. The van der Waals surface area contributed by atoms with E-state index in [-0.39, 0.29) is 17.2 Å². The smallest absolute Gasteiger partial charge is 0.305 e. The molecular formula is C15H12N6O3. The summed E-state index contributed by atoms with van der Waals surface area (Å²) in [6, 6.07) is 8.87. The van der Waals surface area contributed by atoms with Gasteiger partial charge in [-0.05, 0) is 24.3 Å². The summed E-state index contributed by atoms with van der Waals surface area (Å²) in [5, 5.41) is 17.2. The molecule has 0 bridgehead atoms. The van der Waals surface area contributed by atoms with E-state index >= 15 is 0 Å². The van der Waals surface area contributed by atoms with Gasteiger partial charge in [-0.25, -0.2) is 4.98 Å². The molecule has 0 aliphatic rings. The van der Waals surface area contributed by atoms with Crippen molar-refractivity contribution in [2.75, 3.05) is 5.32 Å². The summed E-state index contributed by atoms with van der Waals surface area (Å²) >= 11 is 0. The van der Waals surface area contributed by atoms with Crippen molar-refractivity contribution in [3.63, 3.8) is 0 Å². The Kier molecular flexibility index (Phi) is 3.98. The number of rotatable bonds is 4. The maximum Gasteiger partial charge on any atom is 0.320 e. The van der Waals surface area contributed by atoms with Crippen LogP contribution >= 0.6 is 0 Å². The van der Waals surface area contributed by atoms with Gasteiger partial charge >= 0.3 is 5.69 Å². The van der Waals surface area contributed by atoms with Crippen LogP contribution in [0.2, 0.25) is 0 Å². The zero-order valence-corrected chi connectivity index (χ0v) is 12.6. The molecule has 0 aliphatic carbocycles. The highest BCUT2D eigenvalue weighted by atomic mass is 16.6. The number of carbonyl (C=O) groups is 1. The minimum atomic E-state index is -0.653. The van der Waals surface area contributed by atoms with Crippen molar-refractivity contribution in [2.24, 2.45) is 7.05 Å². The monoisotopic (exact) mass is 324 g/mol. The van der Waals surface area contributed by atoms with Crippen molar-refractivity contribution >= 4 is 17.4 Å². The normalized spacial score (nSPS) is 10.4. The summed E-state index contributed by atoms with van der Waals surface area (Å²) in [6.45, 7) is 0. The molecule has 0 atom stereocenters. The predicted molar refractivity (Wildman–Crippen MR) is 85.3 cm³/mol. The van der Waals surface area contributed by atoms with Crippen molar-refractivity contribution in [3.05, 3.63) is 64.7 Å². The van der Waals surface area contributed by atoms with Gasteiger partial charge in [-0.15, -0.1) is 0 Å². The maximum absolute atomic E-state index is 12.2. The van der Waals surface area contributed by atoms with Crippen molar-refractivity contribution in [1.29, 1.82) is 0 Å². The Morgan fingerprint density at radius 3 is 2.67 bits per heavy atom. The lowest BCUT2D eigenvalue weighted by atomic mass is 10.2. The van der Waals surface area contributed by atoms with E-state index in [1.54, 1.807) is 24.5 Å². The second-order valence-corrected chi connectivity index (χ2v) is 4.86. The largest absolute Gasteiger partial charge is 0.320 e. The fraction of sp³-hybridized carbons (Fsp3) is 0.0667. The molecule has 1 N–H and O–H groups in total. The lowest BCUT2D eigenvalue weighted by Crippen LogP contribution is -2.18. The van der Waals surface area contributed by atoms with E-state index < -0.39 is 10.8 Å². The highest BCUT2D eigenvalue weighted by Crippen LogP contribution is 2.20. The third-order valence-electron chi connectivity index (χ3n) is 3.30. The second kappa shape index (κ2) is 6.24. The molecule has 3 rings (SSSR count). The van der Waals surface area contributed by atoms with Crippen molar-refractivity contribution in [2.45, 2.75) is 0 Å². The average Bonchev–Trinajstić information content (AvgIpc) is 2.98. The maximum atomic E-state index is 12.2. The number of nitrogens with one attached hydrogen (secondary N) is 1. The fourth-order valence-corrected chi connectivity index (χ4v) is 2.15. The van der Waals surface area contributed by atoms with Crippen LogP contribution in [0.3, 0.4) is 0 Å². The molecule has 24 heavy (non-hydrogen) atoms. The highest BCUT2D eigenvalue weighted by molar-refractivity contribution is 6.05. The van der Waals surface area contributed by atoms with Gasteiger partial charge in [0.2, 0.25) is 5.69 Å². The average molecular weight is 324 g/mol. The molecule has 0 radical (unpaired) electrons. The van der Waals surface area contributed by atoms with Crippen molar-refractivity contribution < 1.29 is 9.72 Å². The Bertz CT molecular complexity index is 889. The molecule has 9 heteroatoms. The predicted octanol–water partition coefficient (Wildman–Crippen LogP) is 2.04. The minimum Gasteiger partial charge on any atom is -0.305 e. The zero-order valence-electron chi connectivity index (χ0n) is 12.6. The van der Waals surface area contributed by atoms with Gasteiger partial charge in [-0.3, -0.25) is 24.6 Å². The Morgan fingerprint density at radius 1 is 1.21 bits per heavy atom. The van der Waals surface area contributed by atoms with Gasteiger partial charge in [-0.1, -0.05) is 6.07 Å². The van der Waals surface area contributed by atoms with Gasteiger partial charge in [-0.2, -0.15) is 5.10 Å². The number of nitrogens with zero attached hydrogens (tertiary/aromatic N) is 5. The molecule has 0 aliphatic heterocycles. The van der Waals surface area contributed by atoms with Crippen LogP contribution in [0.15, 0.2) is 48.9 Å². The van der Waals surface area contributed by atoms with E-state index in [9.17, 15) is 14.9 Å². The summed E-state index contributed by atoms with van der Waals surface area (Å²) in [6.07, 6.45) is 4.27. The molecule has 3 aromatic heterocycles. The minimum absolute atomic E-state index is 0.143. The van der Waals surface area contributed by atoms with Crippen LogP contribution in [-0.2, 0) is 7.05 Å². The molecular weight excluding hydrogens is 312 g/mol. The molecule has 1 amide bonds. The van der Waals surface area contributed by atoms with E-state index in [0.29, 0.717) is 0 Å².